The van der Waals surface area contributed by atoms with E-state index in [1.165, 1.54) is 42.6 Å². The van der Waals surface area contributed by atoms with Gasteiger partial charge in [0, 0.05) is 28.5 Å². The molecule has 10 heteroatoms. The summed E-state index contributed by atoms with van der Waals surface area (Å²) in [6, 6.07) is 12.7. The van der Waals surface area contributed by atoms with Gasteiger partial charge in [-0.25, -0.2) is 9.78 Å². The van der Waals surface area contributed by atoms with Crippen molar-refractivity contribution in [3.05, 3.63) is 47.6 Å². The average Bonchev–Trinajstić information content (AvgIpc) is 3.18. The number of rotatable bonds is 7. The Kier molecular flexibility index (Phi) is 9.74. The van der Waals surface area contributed by atoms with Crippen LogP contribution in [0, 0.1) is 0 Å². The number of nitrogens with one attached hydrogen (secondary N) is 1. The van der Waals surface area contributed by atoms with Crippen molar-refractivity contribution in [3.8, 4) is 11.3 Å². The van der Waals surface area contributed by atoms with Crippen LogP contribution in [0.5, 0.6) is 0 Å². The maximum absolute atomic E-state index is 10.6. The fourth-order valence-corrected chi connectivity index (χ4v) is 5.33. The third-order valence-corrected chi connectivity index (χ3v) is 7.16. The minimum absolute atomic E-state index is 0.719. The highest BCUT2D eigenvalue weighted by Crippen LogP contribution is 2.37. The van der Waals surface area contributed by atoms with Crippen LogP contribution in [0.15, 0.2) is 47.5 Å². The first-order valence-electron chi connectivity index (χ1n) is 11.7. The van der Waals surface area contributed by atoms with E-state index < -0.39 is 12.1 Å². The second-order valence-electron chi connectivity index (χ2n) is 8.37. The van der Waals surface area contributed by atoms with Gasteiger partial charge >= 0.3 is 12.1 Å². The SMILES string of the molecule is CCCCNc1c(-c2cccc(SC3CCCCC3)c2)nc2ccc(Cl)cn12.O=C(O)C(F)(F)F. The third-order valence-electron chi connectivity index (χ3n) is 5.61. The van der Waals surface area contributed by atoms with Gasteiger partial charge < -0.3 is 10.4 Å². The molecule has 2 N–H and O–H groups in total. The summed E-state index contributed by atoms with van der Waals surface area (Å²) in [4.78, 5) is 15.2. The average molecular weight is 528 g/mol. The van der Waals surface area contributed by atoms with Crippen molar-refractivity contribution >= 4 is 40.8 Å². The molecule has 0 saturated heterocycles. The van der Waals surface area contributed by atoms with Crippen molar-refractivity contribution in [2.24, 2.45) is 0 Å². The summed E-state index contributed by atoms with van der Waals surface area (Å²) in [6.07, 6.45) is 5.97. The molecule has 1 aromatic carbocycles. The lowest BCUT2D eigenvalue weighted by Gasteiger charge is -2.21. The minimum Gasteiger partial charge on any atom is -0.475 e. The first-order chi connectivity index (χ1) is 16.7. The van der Waals surface area contributed by atoms with E-state index in [1.54, 1.807) is 0 Å². The molecule has 2 heterocycles. The monoisotopic (exact) mass is 527 g/mol. The van der Waals surface area contributed by atoms with E-state index in [1.807, 2.05) is 30.1 Å². The van der Waals surface area contributed by atoms with Crippen molar-refractivity contribution in [1.29, 1.82) is 0 Å². The molecule has 5 nitrogen and oxygen atoms in total. The van der Waals surface area contributed by atoms with Gasteiger partial charge in [-0.2, -0.15) is 13.2 Å². The van der Waals surface area contributed by atoms with Gasteiger partial charge in [-0.3, -0.25) is 4.40 Å². The van der Waals surface area contributed by atoms with Crippen LogP contribution in [-0.4, -0.2) is 38.4 Å². The third kappa shape index (κ3) is 7.80. The summed E-state index contributed by atoms with van der Waals surface area (Å²) < 4.78 is 33.8. The number of fused-ring (bicyclic) bond motifs is 1. The number of nitrogens with zero attached hydrogens (tertiary/aromatic N) is 2. The molecule has 0 amide bonds. The molecule has 35 heavy (non-hydrogen) atoms. The second kappa shape index (κ2) is 12.5. The fourth-order valence-electron chi connectivity index (χ4n) is 3.86. The van der Waals surface area contributed by atoms with Gasteiger partial charge in [0.1, 0.15) is 17.2 Å². The van der Waals surface area contributed by atoms with E-state index in [0.29, 0.717) is 0 Å². The molecule has 1 fully saturated rings. The van der Waals surface area contributed by atoms with Gasteiger partial charge in [0.25, 0.3) is 0 Å². The van der Waals surface area contributed by atoms with E-state index in [2.05, 4.69) is 40.9 Å². The zero-order valence-electron chi connectivity index (χ0n) is 19.4. The molecule has 0 atom stereocenters. The van der Waals surface area contributed by atoms with Crippen LogP contribution in [0.2, 0.25) is 5.02 Å². The highest BCUT2D eigenvalue weighted by Gasteiger charge is 2.38. The number of anilines is 1. The Morgan fingerprint density at radius 3 is 2.60 bits per heavy atom. The summed E-state index contributed by atoms with van der Waals surface area (Å²) in [6.45, 7) is 3.14. The molecule has 0 bridgehead atoms. The Morgan fingerprint density at radius 2 is 1.94 bits per heavy atom. The maximum Gasteiger partial charge on any atom is 0.490 e. The van der Waals surface area contributed by atoms with E-state index in [4.69, 9.17) is 26.5 Å². The topological polar surface area (TPSA) is 66.6 Å². The summed E-state index contributed by atoms with van der Waals surface area (Å²) in [5, 5.41) is 12.2. The number of benzene rings is 1. The number of hydrogen-bond donors (Lipinski definition) is 2. The van der Waals surface area contributed by atoms with Gasteiger partial charge in [0.05, 0.1) is 5.02 Å². The van der Waals surface area contributed by atoms with Gasteiger partial charge in [0.15, 0.2) is 0 Å². The van der Waals surface area contributed by atoms with Crippen LogP contribution in [-0.2, 0) is 4.79 Å². The van der Waals surface area contributed by atoms with E-state index in [-0.39, 0.29) is 0 Å². The Labute approximate surface area is 212 Å². The van der Waals surface area contributed by atoms with E-state index in [0.717, 1.165) is 46.8 Å². The van der Waals surface area contributed by atoms with Crippen LogP contribution < -0.4 is 5.32 Å². The highest BCUT2D eigenvalue weighted by molar-refractivity contribution is 8.00. The molecular weight excluding hydrogens is 499 g/mol. The quantitative estimate of drug-likeness (QED) is 0.305. The summed E-state index contributed by atoms with van der Waals surface area (Å²) in [7, 11) is 0. The van der Waals surface area contributed by atoms with Crippen LogP contribution in [0.4, 0.5) is 19.0 Å². The van der Waals surface area contributed by atoms with Crippen LogP contribution in [0.25, 0.3) is 16.9 Å². The van der Waals surface area contributed by atoms with Gasteiger partial charge in [0.2, 0.25) is 0 Å². The number of aromatic nitrogens is 2. The van der Waals surface area contributed by atoms with Crippen molar-refractivity contribution in [1.82, 2.24) is 9.38 Å². The fraction of sp³-hybridized carbons (Fsp3) is 0.440. The molecule has 1 saturated carbocycles. The Balaban J connectivity index is 0.000000429. The molecule has 3 aromatic rings. The summed E-state index contributed by atoms with van der Waals surface area (Å²) in [5.41, 5.74) is 3.09. The predicted molar refractivity (Wildman–Crippen MR) is 135 cm³/mol. The Morgan fingerprint density at radius 1 is 1.23 bits per heavy atom. The van der Waals surface area contributed by atoms with Crippen molar-refractivity contribution in [2.45, 2.75) is 68.2 Å². The molecule has 4 rings (SSSR count). The number of unbranched alkanes of at least 4 members (excludes halogenated alkanes) is 1. The standard InChI is InChI=1S/C23H28ClN3S.C2HF3O2/c1-2-3-14-25-23-22(26-21-13-12-18(24)16-27(21)23)17-8-7-11-20(15-17)28-19-9-5-4-6-10-19;3-2(4,5)1(6)7/h7-8,11-13,15-16,19,25H,2-6,9-10,14H2,1H3;(H,6,7). The number of hydrogen-bond acceptors (Lipinski definition) is 4. The molecule has 0 spiro atoms. The first kappa shape index (κ1) is 27.2. The number of carboxylic acid groups (broad SMARTS) is 1. The summed E-state index contributed by atoms with van der Waals surface area (Å²) >= 11 is 8.30. The first-order valence-corrected chi connectivity index (χ1v) is 12.9. The lowest BCUT2D eigenvalue weighted by atomic mass is 10.0. The lowest BCUT2D eigenvalue weighted by Crippen LogP contribution is -2.21. The second-order valence-corrected chi connectivity index (χ2v) is 10.2. The van der Waals surface area contributed by atoms with Crippen LogP contribution in [0.1, 0.15) is 51.9 Å². The van der Waals surface area contributed by atoms with Crippen molar-refractivity contribution < 1.29 is 23.1 Å². The van der Waals surface area contributed by atoms with Crippen LogP contribution >= 0.6 is 23.4 Å². The molecule has 1 aliphatic rings. The van der Waals surface area contributed by atoms with E-state index >= 15 is 0 Å². The maximum atomic E-state index is 10.6. The zero-order valence-corrected chi connectivity index (χ0v) is 21.0. The predicted octanol–water partition coefficient (Wildman–Crippen LogP) is 7.92. The van der Waals surface area contributed by atoms with Crippen molar-refractivity contribution in [3.63, 3.8) is 0 Å². The van der Waals surface area contributed by atoms with E-state index in [9.17, 15) is 13.2 Å². The molecule has 0 aliphatic heterocycles. The normalized spacial score (nSPS) is 14.4. The molecule has 190 valence electrons. The lowest BCUT2D eigenvalue weighted by molar-refractivity contribution is -0.192. The molecule has 2 aromatic heterocycles. The molecule has 1 aliphatic carbocycles. The number of aliphatic carboxylic acids is 1. The number of pyridine rings is 1. The van der Waals surface area contributed by atoms with Gasteiger partial charge in [-0.1, -0.05) is 56.3 Å². The summed E-state index contributed by atoms with van der Waals surface area (Å²) in [5.74, 6) is -1.72. The molecular formula is C25H29ClF3N3O2S. The van der Waals surface area contributed by atoms with Gasteiger partial charge in [-0.05, 0) is 43.5 Å². The number of thioether (sulfide) groups is 1. The van der Waals surface area contributed by atoms with Crippen molar-refractivity contribution in [2.75, 3.05) is 11.9 Å². The number of alkyl halides is 3. The molecule has 0 radical (unpaired) electrons. The Hall–Kier alpha value is -2.39. The largest absolute Gasteiger partial charge is 0.490 e. The smallest absolute Gasteiger partial charge is 0.475 e. The number of halogens is 4. The number of carboxylic acids is 1. The zero-order chi connectivity index (χ0) is 25.4. The Bertz CT molecular complexity index is 1130. The van der Waals surface area contributed by atoms with Crippen LogP contribution in [0.3, 0.4) is 0 Å². The van der Waals surface area contributed by atoms with Gasteiger partial charge in [-0.15, -0.1) is 11.8 Å². The molecule has 0 unspecified atom stereocenters. The number of imidazole rings is 1. The number of carbonyl (C=O) groups is 1. The minimum atomic E-state index is -5.08. The highest BCUT2D eigenvalue weighted by atomic mass is 35.5.